The Hall–Kier alpha value is -1.02. The van der Waals surface area contributed by atoms with Crippen molar-refractivity contribution in [1.82, 2.24) is 0 Å². The summed E-state index contributed by atoms with van der Waals surface area (Å²) in [5, 5.41) is 1.17. The van der Waals surface area contributed by atoms with E-state index in [1.54, 1.807) is 0 Å². The van der Waals surface area contributed by atoms with E-state index in [1.165, 1.54) is 5.56 Å². The van der Waals surface area contributed by atoms with Gasteiger partial charge in [0.25, 0.3) is 0 Å². The third kappa shape index (κ3) is 3.05. The highest BCUT2D eigenvalue weighted by molar-refractivity contribution is 6.42. The van der Waals surface area contributed by atoms with Crippen LogP contribution < -0.4 is 5.73 Å². The molecule has 2 aromatic rings. The Morgan fingerprint density at radius 2 is 1.61 bits per heavy atom. The Morgan fingerprint density at radius 1 is 0.889 bits per heavy atom. The Bertz CT molecular complexity index is 511. The van der Waals surface area contributed by atoms with Crippen LogP contribution in [0.15, 0.2) is 48.5 Å². The van der Waals surface area contributed by atoms with E-state index in [1.807, 2.05) is 36.4 Å². The molecular formula is C15H15Cl2N. The van der Waals surface area contributed by atoms with Gasteiger partial charge in [0.1, 0.15) is 0 Å². The van der Waals surface area contributed by atoms with Gasteiger partial charge in [-0.1, -0.05) is 59.6 Å². The number of hydrogen-bond donors (Lipinski definition) is 1. The maximum Gasteiger partial charge on any atom is 0.0595 e. The molecular weight excluding hydrogens is 265 g/mol. The van der Waals surface area contributed by atoms with Gasteiger partial charge >= 0.3 is 0 Å². The lowest BCUT2D eigenvalue weighted by Crippen LogP contribution is -2.08. The summed E-state index contributed by atoms with van der Waals surface area (Å²) in [6.07, 6.45) is 0.891. The van der Waals surface area contributed by atoms with E-state index in [0.29, 0.717) is 16.6 Å². The fourth-order valence-electron chi connectivity index (χ4n) is 2.11. The summed E-state index contributed by atoms with van der Waals surface area (Å²) in [4.78, 5) is 0. The first kappa shape index (κ1) is 13.4. The first-order valence-electron chi connectivity index (χ1n) is 5.92. The van der Waals surface area contributed by atoms with Crippen LogP contribution in [0.1, 0.15) is 23.5 Å². The molecule has 0 aliphatic heterocycles. The molecule has 0 aliphatic rings. The number of halogens is 2. The largest absolute Gasteiger partial charge is 0.330 e. The number of benzene rings is 2. The van der Waals surface area contributed by atoms with Gasteiger partial charge in [0.2, 0.25) is 0 Å². The van der Waals surface area contributed by atoms with Crippen molar-refractivity contribution < 1.29 is 0 Å². The van der Waals surface area contributed by atoms with Crippen LogP contribution in [0.5, 0.6) is 0 Å². The summed E-state index contributed by atoms with van der Waals surface area (Å²) in [5.41, 5.74) is 8.12. The van der Waals surface area contributed by atoms with Crippen molar-refractivity contribution in [2.24, 2.45) is 5.73 Å². The first-order chi connectivity index (χ1) is 8.72. The van der Waals surface area contributed by atoms with Crippen LogP contribution in [0.2, 0.25) is 10.0 Å². The molecule has 0 aromatic heterocycles. The smallest absolute Gasteiger partial charge is 0.0595 e. The molecule has 3 heteroatoms. The van der Waals surface area contributed by atoms with Crippen molar-refractivity contribution in [2.75, 3.05) is 6.54 Å². The third-order valence-electron chi connectivity index (χ3n) is 3.00. The molecule has 0 amide bonds. The van der Waals surface area contributed by atoms with Gasteiger partial charge in [-0.3, -0.25) is 0 Å². The maximum atomic E-state index is 6.08. The summed E-state index contributed by atoms with van der Waals surface area (Å²) in [6.45, 7) is 0.639. The molecule has 2 N–H and O–H groups in total. The molecule has 0 fully saturated rings. The number of nitrogens with two attached hydrogens (primary N) is 1. The molecule has 0 heterocycles. The van der Waals surface area contributed by atoms with Crippen molar-refractivity contribution in [2.45, 2.75) is 12.3 Å². The van der Waals surface area contributed by atoms with Crippen LogP contribution in [-0.2, 0) is 0 Å². The van der Waals surface area contributed by atoms with E-state index >= 15 is 0 Å². The highest BCUT2D eigenvalue weighted by Crippen LogP contribution is 2.31. The van der Waals surface area contributed by atoms with Crippen LogP contribution >= 0.6 is 23.2 Å². The molecule has 1 atom stereocenters. The molecule has 0 saturated carbocycles. The fraction of sp³-hybridized carbons (Fsp3) is 0.200. The summed E-state index contributed by atoms with van der Waals surface area (Å²) in [6, 6.07) is 16.1. The van der Waals surface area contributed by atoms with E-state index in [4.69, 9.17) is 28.9 Å². The Kier molecular flexibility index (Phi) is 4.65. The molecule has 0 bridgehead atoms. The van der Waals surface area contributed by atoms with Crippen molar-refractivity contribution >= 4 is 23.2 Å². The predicted molar refractivity (Wildman–Crippen MR) is 78.4 cm³/mol. The van der Waals surface area contributed by atoms with Gasteiger partial charge in [-0.05, 0) is 36.2 Å². The van der Waals surface area contributed by atoms with E-state index in [9.17, 15) is 0 Å². The monoisotopic (exact) mass is 279 g/mol. The zero-order valence-electron chi connectivity index (χ0n) is 9.94. The van der Waals surface area contributed by atoms with E-state index < -0.39 is 0 Å². The molecule has 0 spiro atoms. The summed E-state index contributed by atoms with van der Waals surface area (Å²) in [5.74, 6) is 0.269. The predicted octanol–water partition coefficient (Wildman–Crippen LogP) is 4.47. The minimum Gasteiger partial charge on any atom is -0.330 e. The second-order valence-electron chi connectivity index (χ2n) is 4.21. The van der Waals surface area contributed by atoms with Crippen LogP contribution in [-0.4, -0.2) is 6.54 Å². The minimum atomic E-state index is 0.269. The molecule has 0 radical (unpaired) electrons. The lowest BCUT2D eigenvalue weighted by molar-refractivity contribution is 0.726. The molecule has 0 aliphatic carbocycles. The van der Waals surface area contributed by atoms with Gasteiger partial charge in [-0.25, -0.2) is 0 Å². The van der Waals surface area contributed by atoms with E-state index in [2.05, 4.69) is 12.1 Å². The summed E-state index contributed by atoms with van der Waals surface area (Å²) < 4.78 is 0. The molecule has 94 valence electrons. The molecule has 18 heavy (non-hydrogen) atoms. The second-order valence-corrected chi connectivity index (χ2v) is 5.03. The Morgan fingerprint density at radius 3 is 2.22 bits per heavy atom. The fourth-order valence-corrected chi connectivity index (χ4v) is 2.41. The number of hydrogen-bond acceptors (Lipinski definition) is 1. The zero-order valence-corrected chi connectivity index (χ0v) is 11.5. The molecule has 2 aromatic carbocycles. The first-order valence-corrected chi connectivity index (χ1v) is 6.68. The zero-order chi connectivity index (χ0) is 13.0. The highest BCUT2D eigenvalue weighted by Gasteiger charge is 2.14. The lowest BCUT2D eigenvalue weighted by Gasteiger charge is -2.17. The van der Waals surface area contributed by atoms with Gasteiger partial charge < -0.3 is 5.73 Å². The Labute approximate surface area is 118 Å². The average molecular weight is 280 g/mol. The SMILES string of the molecule is NCC[C@H](c1ccccc1)c1ccc(Cl)c(Cl)c1. The maximum absolute atomic E-state index is 6.08. The molecule has 1 nitrogen and oxygen atoms in total. The van der Waals surface area contributed by atoms with E-state index in [-0.39, 0.29) is 5.92 Å². The molecule has 0 unspecified atom stereocenters. The number of rotatable bonds is 4. The van der Waals surface area contributed by atoms with Crippen LogP contribution in [0.25, 0.3) is 0 Å². The molecule has 2 rings (SSSR count). The second kappa shape index (κ2) is 6.24. The average Bonchev–Trinajstić information content (AvgIpc) is 2.40. The van der Waals surface area contributed by atoms with E-state index in [0.717, 1.165) is 12.0 Å². The minimum absolute atomic E-state index is 0.269. The van der Waals surface area contributed by atoms with Crippen LogP contribution in [0.4, 0.5) is 0 Å². The third-order valence-corrected chi connectivity index (χ3v) is 3.74. The topological polar surface area (TPSA) is 26.0 Å². The standard InChI is InChI=1S/C15H15Cl2N/c16-14-7-6-12(10-15(14)17)13(8-9-18)11-4-2-1-3-5-11/h1-7,10,13H,8-9,18H2/t13-/m1/s1. The quantitative estimate of drug-likeness (QED) is 0.878. The van der Waals surface area contributed by atoms with Gasteiger partial charge in [0.15, 0.2) is 0 Å². The lowest BCUT2D eigenvalue weighted by atomic mass is 9.89. The Balaban J connectivity index is 2.38. The summed E-state index contributed by atoms with van der Waals surface area (Å²) >= 11 is 12.0. The molecule has 0 saturated heterocycles. The van der Waals surface area contributed by atoms with Gasteiger partial charge in [-0.2, -0.15) is 0 Å². The van der Waals surface area contributed by atoms with Crippen molar-refractivity contribution in [1.29, 1.82) is 0 Å². The van der Waals surface area contributed by atoms with Gasteiger partial charge in [-0.15, -0.1) is 0 Å². The van der Waals surface area contributed by atoms with Gasteiger partial charge in [0, 0.05) is 5.92 Å². The van der Waals surface area contributed by atoms with Crippen LogP contribution in [0.3, 0.4) is 0 Å². The summed E-state index contributed by atoms with van der Waals surface area (Å²) in [7, 11) is 0. The van der Waals surface area contributed by atoms with Crippen molar-refractivity contribution in [3.63, 3.8) is 0 Å². The van der Waals surface area contributed by atoms with Gasteiger partial charge in [0.05, 0.1) is 10.0 Å². The van der Waals surface area contributed by atoms with Crippen molar-refractivity contribution in [3.05, 3.63) is 69.7 Å². The van der Waals surface area contributed by atoms with Crippen LogP contribution in [0, 0.1) is 0 Å². The van der Waals surface area contributed by atoms with Crippen molar-refractivity contribution in [3.8, 4) is 0 Å². The highest BCUT2D eigenvalue weighted by atomic mass is 35.5. The normalized spacial score (nSPS) is 12.4.